The topological polar surface area (TPSA) is 113 Å². The molecule has 0 aliphatic carbocycles. The summed E-state index contributed by atoms with van der Waals surface area (Å²) in [5.74, 6) is -0.502. The van der Waals surface area contributed by atoms with E-state index in [1.54, 1.807) is 43.8 Å². The molecule has 0 atom stereocenters. The lowest BCUT2D eigenvalue weighted by atomic mass is 10.2. The Labute approximate surface area is 220 Å². The minimum Gasteiger partial charge on any atom is -0.382 e. The number of pyridine rings is 1. The van der Waals surface area contributed by atoms with Crippen molar-refractivity contribution in [1.29, 1.82) is 0 Å². The average Bonchev–Trinajstić information content (AvgIpc) is 3.36. The second kappa shape index (κ2) is 12.8. The summed E-state index contributed by atoms with van der Waals surface area (Å²) in [6.45, 7) is 6.26. The first-order valence-corrected chi connectivity index (χ1v) is 12.8. The number of methoxy groups -OCH3 is 1. The molecule has 4 rings (SSSR count). The highest BCUT2D eigenvalue weighted by atomic mass is 32.1. The number of carbonyl (C=O) groups excluding carboxylic acids is 2. The van der Waals surface area contributed by atoms with E-state index in [0.29, 0.717) is 28.0 Å². The number of nitrogens with zero attached hydrogens (tertiary/aromatic N) is 6. The third-order valence-corrected chi connectivity index (χ3v) is 6.84. The molecule has 1 aliphatic heterocycles. The first kappa shape index (κ1) is 26.8. The number of ether oxygens (including phenoxy) is 1. The van der Waals surface area contributed by atoms with Gasteiger partial charge in [-0.05, 0) is 49.9 Å². The van der Waals surface area contributed by atoms with E-state index < -0.39 is 0 Å². The van der Waals surface area contributed by atoms with E-state index in [0.717, 1.165) is 37.3 Å². The van der Waals surface area contributed by atoms with Crippen LogP contribution >= 0.6 is 11.3 Å². The molecule has 0 saturated carbocycles. The molecule has 0 radical (unpaired) electrons. The molecule has 11 nitrogen and oxygen atoms in total. The van der Waals surface area contributed by atoms with Crippen LogP contribution in [0.5, 0.6) is 0 Å². The maximum absolute atomic E-state index is 13.1. The lowest BCUT2D eigenvalue weighted by Crippen LogP contribution is -2.49. The van der Waals surface area contributed by atoms with Gasteiger partial charge in [0.25, 0.3) is 11.8 Å². The van der Waals surface area contributed by atoms with Crippen molar-refractivity contribution in [1.82, 2.24) is 25.0 Å². The van der Waals surface area contributed by atoms with Gasteiger partial charge in [0.15, 0.2) is 5.01 Å². The molecule has 196 valence electrons. The number of aromatic nitrogens is 3. The predicted molar refractivity (Wildman–Crippen MR) is 142 cm³/mol. The Morgan fingerprint density at radius 2 is 1.84 bits per heavy atom. The molecule has 2 aromatic heterocycles. The van der Waals surface area contributed by atoms with Crippen molar-refractivity contribution in [2.45, 2.75) is 6.92 Å². The second-order valence-corrected chi connectivity index (χ2v) is 9.68. The van der Waals surface area contributed by atoms with Crippen LogP contribution in [-0.2, 0) is 14.4 Å². The first-order chi connectivity index (χ1) is 17.9. The number of benzene rings is 1. The molecule has 3 heterocycles. The van der Waals surface area contributed by atoms with E-state index in [4.69, 9.17) is 9.57 Å². The maximum Gasteiger partial charge on any atom is 0.265 e. The maximum atomic E-state index is 13.1. The summed E-state index contributed by atoms with van der Waals surface area (Å²) in [6, 6.07) is 8.57. The standard InChI is InChI=1S/C25H31N7O4S/c1-18-8-9-26-16-21(18)24-28-29-25(37-24)27-23(34)19-4-6-20(7-5-19)32(36-15-14-35-3)22(33)17-31-12-10-30(2)11-13-31/h4-9,16H,10-15,17H2,1-3H3,(H,27,29,34). The number of anilines is 2. The van der Waals surface area contributed by atoms with Gasteiger partial charge in [0.05, 0.1) is 25.4 Å². The van der Waals surface area contributed by atoms with Gasteiger partial charge in [-0.2, -0.15) is 5.06 Å². The van der Waals surface area contributed by atoms with Crippen molar-refractivity contribution in [3.8, 4) is 10.6 Å². The van der Waals surface area contributed by atoms with Crippen molar-refractivity contribution in [3.05, 3.63) is 53.9 Å². The summed E-state index contributed by atoms with van der Waals surface area (Å²) in [6.07, 6.45) is 3.45. The Hall–Kier alpha value is -3.29. The van der Waals surface area contributed by atoms with Crippen LogP contribution in [0.15, 0.2) is 42.7 Å². The van der Waals surface area contributed by atoms with Crippen LogP contribution in [0.25, 0.3) is 10.6 Å². The SMILES string of the molecule is COCCON(C(=O)CN1CCN(C)CC1)c1ccc(C(=O)Nc2nnc(-c3cnccc3C)s2)cc1. The Balaban J connectivity index is 1.41. The zero-order chi connectivity index (χ0) is 26.2. The molecule has 0 bridgehead atoms. The fraction of sp³-hybridized carbons (Fsp3) is 0.400. The van der Waals surface area contributed by atoms with Crippen LogP contribution in [0.1, 0.15) is 15.9 Å². The number of rotatable bonds is 10. The molecule has 1 aliphatic rings. The van der Waals surface area contributed by atoms with Crippen LogP contribution in [0.2, 0.25) is 0 Å². The smallest absolute Gasteiger partial charge is 0.265 e. The number of piperazine rings is 1. The Morgan fingerprint density at radius 1 is 1.08 bits per heavy atom. The fourth-order valence-electron chi connectivity index (χ4n) is 3.75. The molecule has 1 aromatic carbocycles. The Bertz CT molecular complexity index is 1200. The summed E-state index contributed by atoms with van der Waals surface area (Å²) in [7, 11) is 3.65. The number of hydroxylamine groups is 1. The van der Waals surface area contributed by atoms with E-state index in [1.165, 1.54) is 16.4 Å². The van der Waals surface area contributed by atoms with Crippen molar-refractivity contribution in [2.24, 2.45) is 0 Å². The van der Waals surface area contributed by atoms with Gasteiger partial charge in [-0.1, -0.05) is 11.3 Å². The van der Waals surface area contributed by atoms with Gasteiger partial charge in [0.2, 0.25) is 5.13 Å². The highest BCUT2D eigenvalue weighted by molar-refractivity contribution is 7.18. The van der Waals surface area contributed by atoms with Gasteiger partial charge in [0, 0.05) is 56.8 Å². The predicted octanol–water partition coefficient (Wildman–Crippen LogP) is 2.32. The number of nitrogens with one attached hydrogen (secondary N) is 1. The fourth-order valence-corrected chi connectivity index (χ4v) is 4.57. The summed E-state index contributed by atoms with van der Waals surface area (Å²) in [5.41, 5.74) is 2.86. The van der Waals surface area contributed by atoms with Crippen LogP contribution in [-0.4, -0.2) is 96.9 Å². The molecule has 12 heteroatoms. The normalized spacial score (nSPS) is 14.5. The monoisotopic (exact) mass is 525 g/mol. The van der Waals surface area contributed by atoms with Gasteiger partial charge in [-0.15, -0.1) is 10.2 Å². The Morgan fingerprint density at radius 3 is 2.54 bits per heavy atom. The van der Waals surface area contributed by atoms with Gasteiger partial charge in [-0.25, -0.2) is 0 Å². The summed E-state index contributed by atoms with van der Waals surface area (Å²) in [5, 5.41) is 13.4. The summed E-state index contributed by atoms with van der Waals surface area (Å²) in [4.78, 5) is 40.1. The quantitative estimate of drug-likeness (QED) is 0.315. The van der Waals surface area contributed by atoms with Crippen LogP contribution in [0.3, 0.4) is 0 Å². The third-order valence-electron chi connectivity index (χ3n) is 5.97. The molecule has 0 unspecified atom stereocenters. The number of hydrogen-bond donors (Lipinski definition) is 1. The number of hydrogen-bond acceptors (Lipinski definition) is 10. The van der Waals surface area contributed by atoms with Crippen LogP contribution in [0.4, 0.5) is 10.8 Å². The average molecular weight is 526 g/mol. The second-order valence-electron chi connectivity index (χ2n) is 8.70. The highest BCUT2D eigenvalue weighted by Gasteiger charge is 2.23. The molecule has 1 N–H and O–H groups in total. The van der Waals surface area contributed by atoms with Gasteiger partial charge in [0.1, 0.15) is 0 Å². The van der Waals surface area contributed by atoms with E-state index in [9.17, 15) is 9.59 Å². The van der Waals surface area contributed by atoms with Gasteiger partial charge in [-0.3, -0.25) is 29.6 Å². The molecule has 0 spiro atoms. The Kier molecular flexibility index (Phi) is 9.25. The van der Waals surface area contributed by atoms with Crippen molar-refractivity contribution in [2.75, 3.05) is 70.5 Å². The molecule has 1 saturated heterocycles. The van der Waals surface area contributed by atoms with Gasteiger partial charge < -0.3 is 9.64 Å². The number of amides is 2. The number of aryl methyl sites for hydroxylation is 1. The third kappa shape index (κ3) is 7.14. The lowest BCUT2D eigenvalue weighted by Gasteiger charge is -2.33. The minimum absolute atomic E-state index is 0.176. The van der Waals surface area contributed by atoms with Crippen molar-refractivity contribution < 1.29 is 19.2 Å². The van der Waals surface area contributed by atoms with E-state index >= 15 is 0 Å². The number of likely N-dealkylation sites (N-methyl/N-ethyl adjacent to an activating group) is 1. The van der Waals surface area contributed by atoms with Gasteiger partial charge >= 0.3 is 0 Å². The zero-order valence-corrected chi connectivity index (χ0v) is 22.0. The summed E-state index contributed by atoms with van der Waals surface area (Å²) < 4.78 is 5.07. The molecule has 1 fully saturated rings. The van der Waals surface area contributed by atoms with Crippen LogP contribution < -0.4 is 10.4 Å². The molecule has 2 amide bonds. The van der Waals surface area contributed by atoms with Crippen molar-refractivity contribution >= 4 is 34.0 Å². The molecule has 3 aromatic rings. The summed E-state index contributed by atoms with van der Waals surface area (Å²) >= 11 is 1.28. The van der Waals surface area contributed by atoms with E-state index in [1.807, 2.05) is 13.0 Å². The van der Waals surface area contributed by atoms with Crippen LogP contribution in [0, 0.1) is 6.92 Å². The number of carbonyl (C=O) groups is 2. The lowest BCUT2D eigenvalue weighted by molar-refractivity contribution is -0.128. The largest absolute Gasteiger partial charge is 0.382 e. The molecule has 37 heavy (non-hydrogen) atoms. The highest BCUT2D eigenvalue weighted by Crippen LogP contribution is 2.28. The minimum atomic E-state index is -0.326. The zero-order valence-electron chi connectivity index (χ0n) is 21.2. The van der Waals surface area contributed by atoms with E-state index in [2.05, 4.69) is 37.3 Å². The molecular formula is C25H31N7O4S. The van der Waals surface area contributed by atoms with E-state index in [-0.39, 0.29) is 25.0 Å². The van der Waals surface area contributed by atoms with Crippen molar-refractivity contribution in [3.63, 3.8) is 0 Å². The first-order valence-electron chi connectivity index (χ1n) is 12.0. The molecular weight excluding hydrogens is 494 g/mol.